The zero-order valence-electron chi connectivity index (χ0n) is 19.1. The monoisotopic (exact) mass is 485 g/mol. The molecule has 2 unspecified atom stereocenters. The van der Waals surface area contributed by atoms with Gasteiger partial charge in [-0.25, -0.2) is 19.3 Å². The van der Waals surface area contributed by atoms with Crippen molar-refractivity contribution in [3.8, 4) is 17.0 Å². The summed E-state index contributed by atoms with van der Waals surface area (Å²) in [5, 5.41) is 9.61. The van der Waals surface area contributed by atoms with Gasteiger partial charge in [-0.15, -0.1) is 0 Å². The molecule has 3 heterocycles. The molecule has 0 spiro atoms. The first-order valence-electron chi connectivity index (χ1n) is 11.0. The number of carbonyl (C=O) groups is 1. The number of pyridine rings is 1. The second-order valence-electron chi connectivity index (χ2n) is 8.07. The highest BCUT2D eigenvalue weighted by atomic mass is 35.5. The number of halogens is 2. The minimum atomic E-state index is -0.621. The molecule has 0 saturated heterocycles. The molecule has 1 aromatic carbocycles. The topological polar surface area (TPSA) is 100 Å². The summed E-state index contributed by atoms with van der Waals surface area (Å²) < 4.78 is 20.2. The van der Waals surface area contributed by atoms with E-state index in [1.807, 2.05) is 13.8 Å². The first kappa shape index (κ1) is 23.7. The Kier molecular flexibility index (Phi) is 6.83. The summed E-state index contributed by atoms with van der Waals surface area (Å²) in [5.74, 6) is -0.243. The minimum absolute atomic E-state index is 0.0234. The third-order valence-electron chi connectivity index (χ3n) is 6.07. The van der Waals surface area contributed by atoms with Crippen molar-refractivity contribution in [3.63, 3.8) is 0 Å². The summed E-state index contributed by atoms with van der Waals surface area (Å²) >= 11 is 6.46. The second kappa shape index (κ2) is 9.80. The van der Waals surface area contributed by atoms with Crippen LogP contribution < -0.4 is 15.6 Å². The van der Waals surface area contributed by atoms with E-state index < -0.39 is 11.8 Å². The van der Waals surface area contributed by atoms with Crippen LogP contribution in [-0.4, -0.2) is 39.3 Å². The van der Waals surface area contributed by atoms with E-state index in [1.165, 1.54) is 25.3 Å². The van der Waals surface area contributed by atoms with Crippen LogP contribution in [0.1, 0.15) is 44.0 Å². The van der Waals surface area contributed by atoms with Crippen LogP contribution in [0.3, 0.4) is 0 Å². The molecule has 178 valence electrons. The summed E-state index contributed by atoms with van der Waals surface area (Å²) in [6.45, 7) is 3.91. The molecule has 0 radical (unpaired) electrons. The molecule has 8 nitrogen and oxygen atoms in total. The lowest BCUT2D eigenvalue weighted by molar-refractivity contribution is 0.135. The number of ether oxygens (including phenoxy) is 1. The predicted octanol–water partition coefficient (Wildman–Crippen LogP) is 4.95. The van der Waals surface area contributed by atoms with Gasteiger partial charge in [-0.3, -0.25) is 4.79 Å². The van der Waals surface area contributed by atoms with E-state index in [9.17, 15) is 9.59 Å². The standard InChI is InChI=1S/C24H25ClFN5O3/c1-4-15-8-14-9-21(32)29-30-23(14)20(5-2)31(15)24(33)28-19-12-17(25)16(11-18(19)26)13-6-7-27-22(10-13)34-3/h6-7,9-12,15,20H,4-5,8H2,1-3H3,(H,28,33)(H,29,32). The highest BCUT2D eigenvalue weighted by Gasteiger charge is 2.37. The molecule has 2 atom stereocenters. The largest absolute Gasteiger partial charge is 0.481 e. The van der Waals surface area contributed by atoms with Gasteiger partial charge in [0.1, 0.15) is 5.82 Å². The van der Waals surface area contributed by atoms with E-state index in [1.54, 1.807) is 23.2 Å². The second-order valence-corrected chi connectivity index (χ2v) is 8.48. The van der Waals surface area contributed by atoms with Gasteiger partial charge in [0.15, 0.2) is 0 Å². The number of amides is 2. The van der Waals surface area contributed by atoms with E-state index in [0.717, 1.165) is 5.56 Å². The number of nitrogens with zero attached hydrogens (tertiary/aromatic N) is 3. The van der Waals surface area contributed by atoms with Crippen LogP contribution in [0.15, 0.2) is 41.3 Å². The number of nitrogens with one attached hydrogen (secondary N) is 2. The molecule has 2 amide bonds. The summed E-state index contributed by atoms with van der Waals surface area (Å²) in [7, 11) is 1.49. The van der Waals surface area contributed by atoms with E-state index in [2.05, 4.69) is 20.5 Å². The number of hydrogen-bond acceptors (Lipinski definition) is 5. The average molecular weight is 486 g/mol. The van der Waals surface area contributed by atoms with Gasteiger partial charge in [-0.1, -0.05) is 25.4 Å². The molecular formula is C24H25ClFN5O3. The zero-order chi connectivity index (χ0) is 24.4. The fourth-order valence-corrected chi connectivity index (χ4v) is 4.69. The molecule has 0 saturated carbocycles. The van der Waals surface area contributed by atoms with Crippen LogP contribution in [0, 0.1) is 5.82 Å². The smallest absolute Gasteiger partial charge is 0.322 e. The van der Waals surface area contributed by atoms with Crippen LogP contribution in [-0.2, 0) is 6.42 Å². The van der Waals surface area contributed by atoms with E-state index >= 15 is 4.39 Å². The molecule has 34 heavy (non-hydrogen) atoms. The Morgan fingerprint density at radius 3 is 2.79 bits per heavy atom. The van der Waals surface area contributed by atoms with Gasteiger partial charge in [-0.05, 0) is 48.6 Å². The maximum absolute atomic E-state index is 15.1. The SMILES string of the molecule is CCC1Cc2cc(=O)[nH]nc2C(CC)N1C(=O)Nc1cc(Cl)c(-c2ccnc(OC)c2)cc1F. The van der Waals surface area contributed by atoms with Crippen molar-refractivity contribution in [3.05, 3.63) is 69.0 Å². The van der Waals surface area contributed by atoms with Gasteiger partial charge in [0.25, 0.3) is 5.56 Å². The molecule has 0 bridgehead atoms. The minimum Gasteiger partial charge on any atom is -0.481 e. The number of benzene rings is 1. The number of methoxy groups -OCH3 is 1. The van der Waals surface area contributed by atoms with Crippen LogP contribution in [0.4, 0.5) is 14.9 Å². The molecule has 2 N–H and O–H groups in total. The number of rotatable bonds is 5. The van der Waals surface area contributed by atoms with Gasteiger partial charge in [0, 0.05) is 29.9 Å². The summed E-state index contributed by atoms with van der Waals surface area (Å²) in [5.41, 5.74) is 2.28. The van der Waals surface area contributed by atoms with E-state index in [0.29, 0.717) is 42.0 Å². The van der Waals surface area contributed by atoms with Gasteiger partial charge in [-0.2, -0.15) is 5.10 Å². The summed E-state index contributed by atoms with van der Waals surface area (Å²) in [4.78, 5) is 30.8. The molecule has 1 aliphatic heterocycles. The molecule has 3 aromatic rings. The first-order valence-corrected chi connectivity index (χ1v) is 11.4. The van der Waals surface area contributed by atoms with Crippen LogP contribution >= 0.6 is 11.6 Å². The summed E-state index contributed by atoms with van der Waals surface area (Å²) in [6.07, 6.45) is 3.30. The first-order chi connectivity index (χ1) is 16.4. The molecule has 2 aromatic heterocycles. The lowest BCUT2D eigenvalue weighted by Gasteiger charge is -2.41. The number of fused-ring (bicyclic) bond motifs is 1. The maximum Gasteiger partial charge on any atom is 0.322 e. The van der Waals surface area contributed by atoms with Crippen molar-refractivity contribution in [2.24, 2.45) is 0 Å². The quantitative estimate of drug-likeness (QED) is 0.532. The summed E-state index contributed by atoms with van der Waals surface area (Å²) in [6, 6.07) is 6.59. The van der Waals surface area contributed by atoms with Crippen LogP contribution in [0.25, 0.3) is 11.1 Å². The van der Waals surface area contributed by atoms with Crippen LogP contribution in [0.2, 0.25) is 5.02 Å². The predicted molar refractivity (Wildman–Crippen MR) is 128 cm³/mol. The third-order valence-corrected chi connectivity index (χ3v) is 6.38. The number of hydrogen-bond donors (Lipinski definition) is 2. The molecule has 4 rings (SSSR count). The fourth-order valence-electron chi connectivity index (χ4n) is 4.41. The molecule has 0 aliphatic carbocycles. The molecule has 10 heteroatoms. The molecule has 0 fully saturated rings. The van der Waals surface area contributed by atoms with E-state index in [4.69, 9.17) is 16.3 Å². The zero-order valence-corrected chi connectivity index (χ0v) is 19.8. The Morgan fingerprint density at radius 1 is 1.29 bits per heavy atom. The van der Waals surface area contributed by atoms with E-state index in [-0.39, 0.29) is 28.4 Å². The fraction of sp³-hybridized carbons (Fsp3) is 0.333. The Labute approximate surface area is 201 Å². The molecule has 1 aliphatic rings. The van der Waals surface area contributed by atoms with Crippen molar-refractivity contribution >= 4 is 23.3 Å². The van der Waals surface area contributed by atoms with Crippen molar-refractivity contribution in [2.75, 3.05) is 12.4 Å². The number of anilines is 1. The Hall–Kier alpha value is -3.46. The number of aromatic amines is 1. The Morgan fingerprint density at radius 2 is 2.09 bits per heavy atom. The van der Waals surface area contributed by atoms with Gasteiger partial charge in [0.05, 0.1) is 29.6 Å². The Bertz CT molecular complexity index is 1280. The average Bonchev–Trinajstić information content (AvgIpc) is 2.84. The van der Waals surface area contributed by atoms with Crippen molar-refractivity contribution in [1.29, 1.82) is 0 Å². The van der Waals surface area contributed by atoms with Crippen LogP contribution in [0.5, 0.6) is 5.88 Å². The highest BCUT2D eigenvalue weighted by Crippen LogP contribution is 2.37. The number of urea groups is 1. The number of aromatic nitrogens is 3. The third kappa shape index (κ3) is 4.48. The van der Waals surface area contributed by atoms with Gasteiger partial charge >= 0.3 is 6.03 Å². The number of carbonyl (C=O) groups excluding carboxylic acids is 1. The van der Waals surface area contributed by atoms with Gasteiger partial charge < -0.3 is 15.0 Å². The van der Waals surface area contributed by atoms with Crippen molar-refractivity contribution < 1.29 is 13.9 Å². The number of H-pyrrole nitrogens is 1. The molecular weight excluding hydrogens is 461 g/mol. The van der Waals surface area contributed by atoms with Crippen molar-refractivity contribution in [2.45, 2.75) is 45.2 Å². The van der Waals surface area contributed by atoms with Gasteiger partial charge in [0.2, 0.25) is 5.88 Å². The maximum atomic E-state index is 15.1. The van der Waals surface area contributed by atoms with Crippen molar-refractivity contribution in [1.82, 2.24) is 20.1 Å². The lowest BCUT2D eigenvalue weighted by atomic mass is 9.90. The Balaban J connectivity index is 1.64. The lowest BCUT2D eigenvalue weighted by Crippen LogP contribution is -2.49. The normalized spacial score (nSPS) is 17.3. The highest BCUT2D eigenvalue weighted by molar-refractivity contribution is 6.33.